The molecule has 1 rings (SSSR count). The Bertz CT molecular complexity index is 359. The van der Waals surface area contributed by atoms with Crippen molar-refractivity contribution >= 4 is 23.2 Å². The van der Waals surface area contributed by atoms with Crippen molar-refractivity contribution < 1.29 is 14.7 Å². The molecule has 1 unspecified atom stereocenters. The van der Waals surface area contributed by atoms with Gasteiger partial charge in [-0.2, -0.15) is 11.3 Å². The van der Waals surface area contributed by atoms with Gasteiger partial charge in [-0.25, -0.2) is 0 Å². The maximum Gasteiger partial charge on any atom is 0.325 e. The minimum atomic E-state index is -1.04. The lowest BCUT2D eigenvalue weighted by Crippen LogP contribution is -2.38. The fraction of sp³-hybridized carbons (Fsp3) is 0.333. The molecule has 0 radical (unpaired) electrons. The minimum absolute atomic E-state index is 0.335. The van der Waals surface area contributed by atoms with E-state index in [4.69, 9.17) is 5.11 Å². The number of carbonyl (C=O) groups is 2. The van der Waals surface area contributed by atoms with Crippen LogP contribution in [0.25, 0.3) is 0 Å². The summed E-state index contributed by atoms with van der Waals surface area (Å²) in [5.74, 6) is -1.37. The Morgan fingerprint density at radius 3 is 2.57 bits per heavy atom. The third-order valence-electron chi connectivity index (χ3n) is 1.82. The van der Waals surface area contributed by atoms with E-state index in [9.17, 15) is 9.59 Å². The van der Waals surface area contributed by atoms with Crippen LogP contribution in [0, 0.1) is 6.92 Å². The van der Waals surface area contributed by atoms with E-state index in [2.05, 4.69) is 5.32 Å². The smallest absolute Gasteiger partial charge is 0.325 e. The highest BCUT2D eigenvalue weighted by atomic mass is 32.1. The summed E-state index contributed by atoms with van der Waals surface area (Å²) >= 11 is 1.42. The first kappa shape index (κ1) is 10.7. The molecule has 0 aliphatic carbocycles. The standard InChI is InChI=1S/C9H11NO3S/c1-5-3-14-4-7(5)8(11)10-6(2)9(12)13/h3-4,6H,1-2H3,(H,10,11)(H,12,13). The number of aliphatic carboxylic acids is 1. The summed E-state index contributed by atoms with van der Waals surface area (Å²) < 4.78 is 0. The molecule has 14 heavy (non-hydrogen) atoms. The molecule has 1 aromatic rings. The molecule has 1 aromatic heterocycles. The van der Waals surface area contributed by atoms with Crippen molar-refractivity contribution in [1.29, 1.82) is 0 Å². The monoisotopic (exact) mass is 213 g/mol. The molecule has 0 fully saturated rings. The largest absolute Gasteiger partial charge is 0.480 e. The lowest BCUT2D eigenvalue weighted by atomic mass is 10.2. The molecule has 0 bridgehead atoms. The summed E-state index contributed by atoms with van der Waals surface area (Å²) in [6.45, 7) is 3.25. The molecular formula is C9H11NO3S. The van der Waals surface area contributed by atoms with Gasteiger partial charge in [0.05, 0.1) is 5.56 Å². The molecule has 0 saturated heterocycles. The molecule has 2 N–H and O–H groups in total. The average Bonchev–Trinajstić information content (AvgIpc) is 2.51. The molecule has 0 aromatic carbocycles. The molecule has 5 heteroatoms. The summed E-state index contributed by atoms with van der Waals surface area (Å²) in [7, 11) is 0. The molecular weight excluding hydrogens is 202 g/mol. The van der Waals surface area contributed by atoms with Crippen LogP contribution in [0.1, 0.15) is 22.8 Å². The number of hydrogen-bond acceptors (Lipinski definition) is 3. The zero-order valence-corrected chi connectivity index (χ0v) is 8.72. The van der Waals surface area contributed by atoms with Crippen molar-refractivity contribution in [3.8, 4) is 0 Å². The number of carbonyl (C=O) groups excluding carboxylic acids is 1. The molecule has 4 nitrogen and oxygen atoms in total. The molecule has 76 valence electrons. The van der Waals surface area contributed by atoms with Crippen molar-refractivity contribution in [3.05, 3.63) is 21.9 Å². The average molecular weight is 213 g/mol. The normalized spacial score (nSPS) is 12.1. The zero-order chi connectivity index (χ0) is 10.7. The van der Waals surface area contributed by atoms with Gasteiger partial charge in [0.25, 0.3) is 5.91 Å². The maximum atomic E-state index is 11.5. The molecule has 1 heterocycles. The van der Waals surface area contributed by atoms with E-state index < -0.39 is 12.0 Å². The topological polar surface area (TPSA) is 66.4 Å². The number of thiophene rings is 1. The predicted molar refractivity (Wildman–Crippen MR) is 53.6 cm³/mol. The summed E-state index contributed by atoms with van der Waals surface area (Å²) in [4.78, 5) is 22.0. The van der Waals surface area contributed by atoms with Crippen molar-refractivity contribution in [2.24, 2.45) is 0 Å². The van der Waals surface area contributed by atoms with Crippen LogP contribution < -0.4 is 5.32 Å². The van der Waals surface area contributed by atoms with E-state index in [1.54, 1.807) is 5.38 Å². The number of amides is 1. The summed E-state index contributed by atoms with van der Waals surface area (Å²) in [6, 6.07) is -0.859. The number of hydrogen-bond donors (Lipinski definition) is 2. The highest BCUT2D eigenvalue weighted by Crippen LogP contribution is 2.13. The van der Waals surface area contributed by atoms with Gasteiger partial charge in [0.2, 0.25) is 0 Å². The van der Waals surface area contributed by atoms with Crippen LogP contribution in [-0.4, -0.2) is 23.0 Å². The Morgan fingerprint density at radius 1 is 1.50 bits per heavy atom. The van der Waals surface area contributed by atoms with Crippen LogP contribution in [0.4, 0.5) is 0 Å². The second kappa shape index (κ2) is 4.23. The Morgan fingerprint density at radius 2 is 2.14 bits per heavy atom. The molecule has 1 amide bonds. The van der Waals surface area contributed by atoms with Gasteiger partial charge in [0.15, 0.2) is 0 Å². The Labute approximate surface area is 85.6 Å². The highest BCUT2D eigenvalue weighted by Gasteiger charge is 2.16. The molecule has 0 saturated carbocycles. The Kier molecular flexibility index (Phi) is 3.24. The third-order valence-corrected chi connectivity index (χ3v) is 2.68. The first-order valence-electron chi connectivity index (χ1n) is 4.09. The van der Waals surface area contributed by atoms with E-state index >= 15 is 0 Å². The summed E-state index contributed by atoms with van der Waals surface area (Å²) in [5, 5.41) is 14.5. The lowest BCUT2D eigenvalue weighted by Gasteiger charge is -2.08. The fourth-order valence-electron chi connectivity index (χ4n) is 0.929. The number of nitrogens with one attached hydrogen (secondary N) is 1. The van der Waals surface area contributed by atoms with E-state index in [0.717, 1.165) is 5.56 Å². The second-order valence-electron chi connectivity index (χ2n) is 3.00. The van der Waals surface area contributed by atoms with Gasteiger partial charge in [-0.15, -0.1) is 0 Å². The van der Waals surface area contributed by atoms with Gasteiger partial charge in [0.1, 0.15) is 6.04 Å². The van der Waals surface area contributed by atoms with Crippen LogP contribution in [0.15, 0.2) is 10.8 Å². The van der Waals surface area contributed by atoms with Crippen molar-refractivity contribution in [2.45, 2.75) is 19.9 Å². The van der Waals surface area contributed by atoms with Gasteiger partial charge in [0, 0.05) is 5.38 Å². The van der Waals surface area contributed by atoms with Crippen molar-refractivity contribution in [1.82, 2.24) is 5.32 Å². The lowest BCUT2D eigenvalue weighted by molar-refractivity contribution is -0.138. The summed E-state index contributed by atoms with van der Waals surface area (Å²) in [5.41, 5.74) is 1.41. The van der Waals surface area contributed by atoms with Gasteiger partial charge in [-0.3, -0.25) is 9.59 Å². The Hall–Kier alpha value is -1.36. The van der Waals surface area contributed by atoms with E-state index in [1.165, 1.54) is 18.3 Å². The van der Waals surface area contributed by atoms with E-state index in [0.29, 0.717) is 5.56 Å². The van der Waals surface area contributed by atoms with Crippen LogP contribution >= 0.6 is 11.3 Å². The SMILES string of the molecule is Cc1cscc1C(=O)NC(C)C(=O)O. The number of carboxylic acids is 1. The van der Waals surface area contributed by atoms with Crippen LogP contribution in [0.2, 0.25) is 0 Å². The first-order valence-corrected chi connectivity index (χ1v) is 5.03. The number of carboxylic acid groups (broad SMARTS) is 1. The van der Waals surface area contributed by atoms with Crippen molar-refractivity contribution in [2.75, 3.05) is 0 Å². The maximum absolute atomic E-state index is 11.5. The third kappa shape index (κ3) is 2.32. The van der Waals surface area contributed by atoms with Gasteiger partial charge >= 0.3 is 5.97 Å². The zero-order valence-electron chi connectivity index (χ0n) is 7.90. The van der Waals surface area contributed by atoms with Crippen LogP contribution in [-0.2, 0) is 4.79 Å². The molecule has 1 atom stereocenters. The quantitative estimate of drug-likeness (QED) is 0.794. The predicted octanol–water partition coefficient (Wildman–Crippen LogP) is 1.26. The van der Waals surface area contributed by atoms with E-state index in [1.807, 2.05) is 12.3 Å². The van der Waals surface area contributed by atoms with Crippen LogP contribution in [0.5, 0.6) is 0 Å². The number of aryl methyl sites for hydroxylation is 1. The molecule has 0 aliphatic heterocycles. The van der Waals surface area contributed by atoms with Crippen LogP contribution in [0.3, 0.4) is 0 Å². The fourth-order valence-corrected chi connectivity index (χ4v) is 1.76. The van der Waals surface area contributed by atoms with E-state index in [-0.39, 0.29) is 5.91 Å². The van der Waals surface area contributed by atoms with Gasteiger partial charge < -0.3 is 10.4 Å². The van der Waals surface area contributed by atoms with Crippen molar-refractivity contribution in [3.63, 3.8) is 0 Å². The minimum Gasteiger partial charge on any atom is -0.480 e. The van der Waals surface area contributed by atoms with Gasteiger partial charge in [-0.05, 0) is 24.8 Å². The molecule has 0 aliphatic rings. The Balaban J connectivity index is 2.69. The second-order valence-corrected chi connectivity index (χ2v) is 3.75. The van der Waals surface area contributed by atoms with Gasteiger partial charge in [-0.1, -0.05) is 0 Å². The summed E-state index contributed by atoms with van der Waals surface area (Å²) in [6.07, 6.45) is 0. The molecule has 0 spiro atoms. The first-order chi connectivity index (χ1) is 6.52. The number of rotatable bonds is 3. The highest BCUT2D eigenvalue weighted by molar-refractivity contribution is 7.08.